The van der Waals surface area contributed by atoms with Crippen LogP contribution in [0.4, 0.5) is 0 Å². The summed E-state index contributed by atoms with van der Waals surface area (Å²) in [7, 11) is 0. The van der Waals surface area contributed by atoms with Crippen molar-refractivity contribution in [1.82, 2.24) is 5.32 Å². The highest BCUT2D eigenvalue weighted by Gasteiger charge is 2.51. The molecule has 0 radical (unpaired) electrons. The number of amides is 1. The van der Waals surface area contributed by atoms with E-state index in [1.54, 1.807) is 0 Å². The quantitative estimate of drug-likeness (QED) is 0.631. The van der Waals surface area contributed by atoms with Crippen molar-refractivity contribution < 1.29 is 14.7 Å². The third kappa shape index (κ3) is 2.16. The average Bonchev–Trinajstić information content (AvgIpc) is 2.19. The van der Waals surface area contributed by atoms with Crippen molar-refractivity contribution in [3.63, 3.8) is 0 Å². The summed E-state index contributed by atoms with van der Waals surface area (Å²) in [6, 6.07) is -0.0771. The Labute approximate surface area is 101 Å². The van der Waals surface area contributed by atoms with Crippen molar-refractivity contribution in [3.8, 4) is 0 Å². The predicted molar refractivity (Wildman–Crippen MR) is 62.3 cm³/mol. The summed E-state index contributed by atoms with van der Waals surface area (Å²) < 4.78 is 0. The van der Waals surface area contributed by atoms with E-state index in [9.17, 15) is 9.59 Å². The van der Waals surface area contributed by atoms with Crippen LogP contribution in [0.1, 0.15) is 44.9 Å². The molecule has 0 aliphatic heterocycles. The van der Waals surface area contributed by atoms with Gasteiger partial charge in [-0.3, -0.25) is 9.59 Å². The highest BCUT2D eigenvalue weighted by atomic mass is 16.4. The first-order valence-corrected chi connectivity index (χ1v) is 6.36. The molecule has 17 heavy (non-hydrogen) atoms. The second-order valence-corrected chi connectivity index (χ2v) is 5.27. The van der Waals surface area contributed by atoms with Gasteiger partial charge in [0.15, 0.2) is 0 Å². The van der Waals surface area contributed by atoms with Gasteiger partial charge in [-0.25, -0.2) is 0 Å². The highest BCUT2D eigenvalue weighted by molar-refractivity contribution is 6.02. The average molecular weight is 240 g/mol. The molecule has 2 aliphatic carbocycles. The number of nitrogens with two attached hydrogens (primary N) is 1. The molecule has 0 aromatic heterocycles. The number of carbonyl (C=O) groups excluding carboxylic acids is 1. The molecule has 5 nitrogen and oxygen atoms in total. The second-order valence-electron chi connectivity index (χ2n) is 5.27. The van der Waals surface area contributed by atoms with Gasteiger partial charge in [-0.1, -0.05) is 19.3 Å². The van der Waals surface area contributed by atoms with E-state index in [4.69, 9.17) is 10.8 Å². The Morgan fingerprint density at radius 1 is 1.18 bits per heavy atom. The molecule has 0 aromatic rings. The van der Waals surface area contributed by atoms with Gasteiger partial charge in [0.1, 0.15) is 5.41 Å². The minimum Gasteiger partial charge on any atom is -0.480 e. The summed E-state index contributed by atoms with van der Waals surface area (Å²) in [6.45, 7) is 0. The Morgan fingerprint density at radius 3 is 2.29 bits per heavy atom. The van der Waals surface area contributed by atoms with Crippen molar-refractivity contribution in [1.29, 1.82) is 0 Å². The lowest BCUT2D eigenvalue weighted by molar-refractivity contribution is -0.162. The van der Waals surface area contributed by atoms with Gasteiger partial charge in [-0.05, 0) is 25.7 Å². The fourth-order valence-electron chi connectivity index (χ4n) is 2.71. The zero-order valence-electron chi connectivity index (χ0n) is 9.95. The van der Waals surface area contributed by atoms with Gasteiger partial charge < -0.3 is 16.2 Å². The first-order chi connectivity index (χ1) is 8.06. The van der Waals surface area contributed by atoms with Gasteiger partial charge in [0, 0.05) is 12.1 Å². The van der Waals surface area contributed by atoms with Crippen molar-refractivity contribution in [3.05, 3.63) is 0 Å². The van der Waals surface area contributed by atoms with Crippen LogP contribution >= 0.6 is 0 Å². The lowest BCUT2D eigenvalue weighted by atomic mass is 9.68. The molecule has 5 heteroatoms. The summed E-state index contributed by atoms with van der Waals surface area (Å²) in [4.78, 5) is 23.2. The number of hydrogen-bond donors (Lipinski definition) is 3. The number of carboxylic acid groups (broad SMARTS) is 1. The minimum atomic E-state index is -1.17. The lowest BCUT2D eigenvalue weighted by Gasteiger charge is -2.38. The first-order valence-electron chi connectivity index (χ1n) is 6.36. The van der Waals surface area contributed by atoms with E-state index in [0.29, 0.717) is 12.8 Å². The Balaban J connectivity index is 1.98. The second kappa shape index (κ2) is 4.64. The van der Waals surface area contributed by atoms with E-state index >= 15 is 0 Å². The van der Waals surface area contributed by atoms with Crippen LogP contribution in [0, 0.1) is 5.41 Å². The molecule has 0 heterocycles. The van der Waals surface area contributed by atoms with Gasteiger partial charge in [-0.2, -0.15) is 0 Å². The largest absolute Gasteiger partial charge is 0.480 e. The van der Waals surface area contributed by atoms with E-state index in [1.165, 1.54) is 0 Å². The third-order valence-electron chi connectivity index (χ3n) is 4.19. The van der Waals surface area contributed by atoms with Crippen LogP contribution in [0.2, 0.25) is 0 Å². The maximum atomic E-state index is 12.1. The molecule has 2 fully saturated rings. The van der Waals surface area contributed by atoms with Crippen LogP contribution in [-0.2, 0) is 9.59 Å². The number of aliphatic carboxylic acids is 1. The SMILES string of the molecule is NC1CCCCC1NC(=O)C1(C(=O)O)CCC1. The molecule has 1 amide bonds. The number of hydrogen-bond acceptors (Lipinski definition) is 3. The molecule has 2 saturated carbocycles. The Bertz CT molecular complexity index is 326. The molecule has 2 atom stereocenters. The van der Waals surface area contributed by atoms with E-state index in [2.05, 4.69) is 5.32 Å². The van der Waals surface area contributed by atoms with Crippen LogP contribution in [0.25, 0.3) is 0 Å². The molecule has 0 aromatic carbocycles. The van der Waals surface area contributed by atoms with Crippen LogP contribution in [0.3, 0.4) is 0 Å². The summed E-state index contributed by atoms with van der Waals surface area (Å²) in [5.74, 6) is -1.33. The zero-order valence-corrected chi connectivity index (χ0v) is 9.95. The molecule has 0 bridgehead atoms. The number of nitrogens with one attached hydrogen (secondary N) is 1. The Hall–Kier alpha value is -1.10. The molecule has 2 aliphatic rings. The summed E-state index contributed by atoms with van der Waals surface area (Å²) >= 11 is 0. The maximum Gasteiger partial charge on any atom is 0.319 e. The van der Waals surface area contributed by atoms with Gasteiger partial charge in [0.25, 0.3) is 0 Å². The third-order valence-corrected chi connectivity index (χ3v) is 4.19. The molecular weight excluding hydrogens is 220 g/mol. The van der Waals surface area contributed by atoms with Crippen molar-refractivity contribution in [2.75, 3.05) is 0 Å². The van der Waals surface area contributed by atoms with E-state index < -0.39 is 11.4 Å². The van der Waals surface area contributed by atoms with Gasteiger partial charge in [0.2, 0.25) is 5.91 Å². The predicted octanol–water partition coefficient (Wildman–Crippen LogP) is 0.627. The molecule has 0 saturated heterocycles. The Morgan fingerprint density at radius 2 is 1.82 bits per heavy atom. The van der Waals surface area contributed by atoms with Crippen molar-refractivity contribution in [2.45, 2.75) is 57.0 Å². The van der Waals surface area contributed by atoms with Crippen molar-refractivity contribution >= 4 is 11.9 Å². The molecule has 4 N–H and O–H groups in total. The molecule has 96 valence electrons. The fraction of sp³-hybridized carbons (Fsp3) is 0.833. The number of carboxylic acids is 1. The summed E-state index contributed by atoms with van der Waals surface area (Å²) in [5, 5.41) is 12.0. The monoisotopic (exact) mass is 240 g/mol. The molecule has 2 rings (SSSR count). The minimum absolute atomic E-state index is 0.0291. The fourth-order valence-corrected chi connectivity index (χ4v) is 2.71. The smallest absolute Gasteiger partial charge is 0.319 e. The molecule has 0 spiro atoms. The van der Waals surface area contributed by atoms with Crippen molar-refractivity contribution in [2.24, 2.45) is 11.1 Å². The van der Waals surface area contributed by atoms with Crippen LogP contribution < -0.4 is 11.1 Å². The summed E-state index contributed by atoms with van der Waals surface area (Å²) in [5.41, 5.74) is 4.77. The highest BCUT2D eigenvalue weighted by Crippen LogP contribution is 2.41. The normalized spacial score (nSPS) is 31.4. The lowest BCUT2D eigenvalue weighted by Crippen LogP contribution is -2.57. The van der Waals surface area contributed by atoms with Crippen LogP contribution in [0.15, 0.2) is 0 Å². The van der Waals surface area contributed by atoms with Gasteiger partial charge in [0.05, 0.1) is 0 Å². The summed E-state index contributed by atoms with van der Waals surface area (Å²) in [6.07, 6.45) is 5.65. The number of carbonyl (C=O) groups is 2. The van der Waals surface area contributed by atoms with E-state index in [-0.39, 0.29) is 18.0 Å². The first kappa shape index (κ1) is 12.4. The van der Waals surface area contributed by atoms with Gasteiger partial charge >= 0.3 is 5.97 Å². The maximum absolute atomic E-state index is 12.1. The Kier molecular flexibility index (Phi) is 3.38. The van der Waals surface area contributed by atoms with E-state index in [0.717, 1.165) is 32.1 Å². The van der Waals surface area contributed by atoms with E-state index in [1.807, 2.05) is 0 Å². The van der Waals surface area contributed by atoms with Crippen LogP contribution in [0.5, 0.6) is 0 Å². The number of rotatable bonds is 3. The van der Waals surface area contributed by atoms with Crippen LogP contribution in [-0.4, -0.2) is 29.1 Å². The topological polar surface area (TPSA) is 92.4 Å². The zero-order chi connectivity index (χ0) is 12.5. The molecule has 2 unspecified atom stereocenters. The standard InChI is InChI=1S/C12H20N2O3/c13-8-4-1-2-5-9(8)14-10(15)12(11(16)17)6-3-7-12/h8-9H,1-7,13H2,(H,14,15)(H,16,17). The molecular formula is C12H20N2O3. The van der Waals surface area contributed by atoms with Gasteiger partial charge in [-0.15, -0.1) is 0 Å².